The Morgan fingerprint density at radius 2 is 2.00 bits per heavy atom. The zero-order chi connectivity index (χ0) is 20.0. The van der Waals surface area contributed by atoms with Gasteiger partial charge in [0.2, 0.25) is 0 Å². The second-order valence-electron chi connectivity index (χ2n) is 6.89. The van der Waals surface area contributed by atoms with Gasteiger partial charge in [0.15, 0.2) is 28.8 Å². The van der Waals surface area contributed by atoms with Crippen LogP contribution in [0.25, 0.3) is 21.8 Å². The van der Waals surface area contributed by atoms with Gasteiger partial charge in [0.1, 0.15) is 18.2 Å². The summed E-state index contributed by atoms with van der Waals surface area (Å²) < 4.78 is 37.2. The summed E-state index contributed by atoms with van der Waals surface area (Å²) in [5, 5.41) is 9.24. The second-order valence-corrected chi connectivity index (χ2v) is 6.89. The maximum absolute atomic E-state index is 14.9. The fourth-order valence-corrected chi connectivity index (χ4v) is 3.23. The number of aromatic nitrogens is 3. The summed E-state index contributed by atoms with van der Waals surface area (Å²) in [7, 11) is 1.55. The second kappa shape index (κ2) is 6.89. The summed E-state index contributed by atoms with van der Waals surface area (Å²) in [6.07, 6.45) is 1.57. The molecule has 2 aromatic carbocycles. The average Bonchev–Trinajstić information content (AvgIpc) is 3.47. The number of ether oxygens (including phenoxy) is 4. The number of aryl methyl sites for hydroxylation is 1. The van der Waals surface area contributed by atoms with E-state index in [1.807, 2.05) is 6.92 Å². The number of methoxy groups -OCH3 is 1. The Kier molecular flexibility index (Phi) is 4.21. The number of nitrogens with zero attached hydrogens (tertiary/aromatic N) is 2. The van der Waals surface area contributed by atoms with Crippen molar-refractivity contribution >= 4 is 21.8 Å². The molecule has 7 nitrogen and oxygen atoms in total. The molecule has 8 heteroatoms. The number of H-pyrrole nitrogens is 1. The summed E-state index contributed by atoms with van der Waals surface area (Å²) in [5.74, 6) is 1.10. The lowest BCUT2D eigenvalue weighted by Gasteiger charge is -2.13. The molecule has 3 heterocycles. The van der Waals surface area contributed by atoms with Gasteiger partial charge in [0, 0.05) is 22.7 Å². The first-order valence-electron chi connectivity index (χ1n) is 9.16. The van der Waals surface area contributed by atoms with Crippen LogP contribution in [-0.4, -0.2) is 41.6 Å². The van der Waals surface area contributed by atoms with Crippen molar-refractivity contribution in [2.75, 3.05) is 20.3 Å². The highest BCUT2D eigenvalue weighted by molar-refractivity contribution is 5.88. The number of hydrogen-bond donors (Lipinski definition) is 1. The Labute approximate surface area is 165 Å². The number of halogens is 1. The van der Waals surface area contributed by atoms with Crippen LogP contribution >= 0.6 is 0 Å². The Morgan fingerprint density at radius 1 is 1.14 bits per heavy atom. The van der Waals surface area contributed by atoms with Crippen LogP contribution in [-0.2, 0) is 4.74 Å². The SMILES string of the molecule is COc1cc2c(Oc3ccc4[nH]c(C)cc4c3F)cnnc2cc1OC[C@@H]1CO1. The fourth-order valence-electron chi connectivity index (χ4n) is 3.23. The summed E-state index contributed by atoms with van der Waals surface area (Å²) in [6.45, 7) is 3.01. The molecule has 0 amide bonds. The van der Waals surface area contributed by atoms with E-state index in [9.17, 15) is 4.39 Å². The standard InChI is InChI=1S/C21H18FN3O4/c1-11-5-14-15(24-11)3-4-17(21(14)22)29-20-8-23-25-16-7-19(28-10-12-9-27-12)18(26-2)6-13(16)20/h3-8,12,24H,9-10H2,1-2H3/t12-/m0/s1. The molecule has 0 saturated carbocycles. The van der Waals surface area contributed by atoms with Gasteiger partial charge in [-0.15, -0.1) is 0 Å². The van der Waals surface area contributed by atoms with E-state index in [-0.39, 0.29) is 11.9 Å². The van der Waals surface area contributed by atoms with Gasteiger partial charge >= 0.3 is 0 Å². The maximum atomic E-state index is 14.9. The molecule has 0 bridgehead atoms. The monoisotopic (exact) mass is 395 g/mol. The van der Waals surface area contributed by atoms with Gasteiger partial charge < -0.3 is 23.9 Å². The third kappa shape index (κ3) is 3.31. The Bertz CT molecular complexity index is 1220. The summed E-state index contributed by atoms with van der Waals surface area (Å²) >= 11 is 0. The molecule has 0 unspecified atom stereocenters. The molecule has 29 heavy (non-hydrogen) atoms. The van der Waals surface area contributed by atoms with Gasteiger partial charge in [-0.05, 0) is 31.2 Å². The van der Waals surface area contributed by atoms with E-state index in [0.29, 0.717) is 52.3 Å². The van der Waals surface area contributed by atoms with Crippen LogP contribution in [0.5, 0.6) is 23.0 Å². The summed E-state index contributed by atoms with van der Waals surface area (Å²) in [5.41, 5.74) is 2.14. The zero-order valence-corrected chi connectivity index (χ0v) is 15.9. The minimum absolute atomic E-state index is 0.107. The van der Waals surface area contributed by atoms with Crippen LogP contribution in [0.3, 0.4) is 0 Å². The first-order chi connectivity index (χ1) is 14.1. The lowest BCUT2D eigenvalue weighted by molar-refractivity contribution is 0.252. The van der Waals surface area contributed by atoms with Crippen LogP contribution in [0.15, 0.2) is 36.5 Å². The number of aromatic amines is 1. The molecule has 1 aliphatic rings. The van der Waals surface area contributed by atoms with Crippen molar-refractivity contribution in [1.82, 2.24) is 15.2 Å². The van der Waals surface area contributed by atoms with Crippen LogP contribution in [0.2, 0.25) is 0 Å². The van der Waals surface area contributed by atoms with Crippen LogP contribution in [0.4, 0.5) is 4.39 Å². The molecule has 1 atom stereocenters. The first kappa shape index (κ1) is 17.7. The van der Waals surface area contributed by atoms with Gasteiger partial charge in [-0.2, -0.15) is 10.2 Å². The number of rotatable bonds is 6. The summed E-state index contributed by atoms with van der Waals surface area (Å²) in [4.78, 5) is 3.11. The van der Waals surface area contributed by atoms with Gasteiger partial charge in [0.05, 0.1) is 25.3 Å². The number of benzene rings is 2. The highest BCUT2D eigenvalue weighted by atomic mass is 19.1. The molecule has 1 saturated heterocycles. The quantitative estimate of drug-likeness (QED) is 0.494. The largest absolute Gasteiger partial charge is 0.493 e. The molecule has 1 fully saturated rings. The number of fused-ring (bicyclic) bond motifs is 2. The van der Waals surface area contributed by atoms with Crippen LogP contribution < -0.4 is 14.2 Å². The van der Waals surface area contributed by atoms with Crippen molar-refractivity contribution in [2.45, 2.75) is 13.0 Å². The first-order valence-corrected chi connectivity index (χ1v) is 9.16. The van der Waals surface area contributed by atoms with E-state index in [1.165, 1.54) is 6.20 Å². The molecule has 4 aromatic rings. The van der Waals surface area contributed by atoms with Crippen molar-refractivity contribution in [1.29, 1.82) is 0 Å². The molecule has 1 N–H and O–H groups in total. The molecular formula is C21H18FN3O4. The Hall–Kier alpha value is -3.39. The molecular weight excluding hydrogens is 377 g/mol. The third-order valence-electron chi connectivity index (χ3n) is 4.77. The van der Waals surface area contributed by atoms with E-state index in [4.69, 9.17) is 18.9 Å². The molecule has 0 radical (unpaired) electrons. The molecule has 2 aromatic heterocycles. The van der Waals surface area contributed by atoms with E-state index < -0.39 is 5.82 Å². The zero-order valence-electron chi connectivity index (χ0n) is 15.9. The van der Waals surface area contributed by atoms with E-state index in [1.54, 1.807) is 37.4 Å². The van der Waals surface area contributed by atoms with Crippen molar-refractivity contribution in [2.24, 2.45) is 0 Å². The highest BCUT2D eigenvalue weighted by Gasteiger charge is 2.24. The normalized spacial score (nSPS) is 15.6. The van der Waals surface area contributed by atoms with Crippen molar-refractivity contribution in [3.63, 3.8) is 0 Å². The molecule has 0 spiro atoms. The topological polar surface area (TPSA) is 81.8 Å². The predicted octanol–water partition coefficient (Wildman–Crippen LogP) is 4.14. The highest BCUT2D eigenvalue weighted by Crippen LogP contribution is 2.38. The van der Waals surface area contributed by atoms with Gasteiger partial charge in [0.25, 0.3) is 0 Å². The molecule has 1 aliphatic heterocycles. The number of epoxide rings is 1. The van der Waals surface area contributed by atoms with Gasteiger partial charge in [-0.1, -0.05) is 0 Å². The summed E-state index contributed by atoms with van der Waals surface area (Å²) in [6, 6.07) is 8.59. The van der Waals surface area contributed by atoms with E-state index >= 15 is 0 Å². The number of nitrogens with one attached hydrogen (secondary N) is 1. The Morgan fingerprint density at radius 3 is 2.79 bits per heavy atom. The van der Waals surface area contributed by atoms with Crippen LogP contribution in [0, 0.1) is 12.7 Å². The van der Waals surface area contributed by atoms with Crippen molar-refractivity contribution in [3.8, 4) is 23.0 Å². The minimum atomic E-state index is -0.437. The molecule has 5 rings (SSSR count). The fraction of sp³-hybridized carbons (Fsp3) is 0.238. The third-order valence-corrected chi connectivity index (χ3v) is 4.77. The lowest BCUT2D eigenvalue weighted by atomic mass is 10.2. The maximum Gasteiger partial charge on any atom is 0.175 e. The van der Waals surface area contributed by atoms with Crippen LogP contribution in [0.1, 0.15) is 5.69 Å². The van der Waals surface area contributed by atoms with E-state index in [2.05, 4.69) is 15.2 Å². The van der Waals surface area contributed by atoms with Crippen molar-refractivity contribution < 1.29 is 23.3 Å². The van der Waals surface area contributed by atoms with E-state index in [0.717, 1.165) is 5.69 Å². The van der Waals surface area contributed by atoms with Gasteiger partial charge in [-0.25, -0.2) is 4.39 Å². The average molecular weight is 395 g/mol. The van der Waals surface area contributed by atoms with Crippen molar-refractivity contribution in [3.05, 3.63) is 48.0 Å². The van der Waals surface area contributed by atoms with Gasteiger partial charge in [-0.3, -0.25) is 0 Å². The Balaban J connectivity index is 1.53. The predicted molar refractivity (Wildman–Crippen MR) is 104 cm³/mol. The molecule has 148 valence electrons. The minimum Gasteiger partial charge on any atom is -0.493 e. The molecule has 0 aliphatic carbocycles. The smallest absolute Gasteiger partial charge is 0.175 e. The lowest BCUT2D eigenvalue weighted by Crippen LogP contribution is -2.05. The number of hydrogen-bond acceptors (Lipinski definition) is 6.